The Hall–Kier alpha value is -3.66. The van der Waals surface area contributed by atoms with E-state index in [0.29, 0.717) is 25.9 Å². The maximum atomic E-state index is 13.8. The molecule has 10 heteroatoms. The summed E-state index contributed by atoms with van der Waals surface area (Å²) in [6.07, 6.45) is 6.06. The van der Waals surface area contributed by atoms with Crippen LogP contribution in [0.2, 0.25) is 0 Å². The second-order valence-corrected chi connectivity index (χ2v) is 10.5. The molecule has 39 heavy (non-hydrogen) atoms. The van der Waals surface area contributed by atoms with Crippen molar-refractivity contribution in [3.63, 3.8) is 0 Å². The highest BCUT2D eigenvalue weighted by Crippen LogP contribution is 2.23. The Bertz CT molecular complexity index is 1100. The molecule has 1 aliphatic heterocycles. The van der Waals surface area contributed by atoms with Crippen molar-refractivity contribution in [2.24, 2.45) is 11.8 Å². The van der Waals surface area contributed by atoms with Gasteiger partial charge in [-0.25, -0.2) is 4.98 Å². The summed E-state index contributed by atoms with van der Waals surface area (Å²) in [4.78, 5) is 61.2. The Morgan fingerprint density at radius 3 is 2.49 bits per heavy atom. The first kappa shape index (κ1) is 29.9. The van der Waals surface area contributed by atoms with E-state index in [1.807, 2.05) is 58.0 Å². The maximum absolute atomic E-state index is 13.8. The van der Waals surface area contributed by atoms with Crippen LogP contribution in [0.1, 0.15) is 63.0 Å². The highest BCUT2D eigenvalue weighted by Gasteiger charge is 2.41. The van der Waals surface area contributed by atoms with Crippen LogP contribution in [0.4, 0.5) is 0 Å². The minimum Gasteiger partial charge on any atom is -0.372 e. The summed E-state index contributed by atoms with van der Waals surface area (Å²) in [5.74, 6) is -1.41. The van der Waals surface area contributed by atoms with Crippen LogP contribution in [0.5, 0.6) is 0 Å². The molecule has 2 heterocycles. The highest BCUT2D eigenvalue weighted by molar-refractivity contribution is 5.97. The number of aldehydes is 1. The van der Waals surface area contributed by atoms with Crippen LogP contribution in [0.3, 0.4) is 0 Å². The lowest BCUT2D eigenvalue weighted by Crippen LogP contribution is -2.57. The lowest BCUT2D eigenvalue weighted by atomic mass is 9.96. The zero-order valence-electron chi connectivity index (χ0n) is 23.1. The van der Waals surface area contributed by atoms with Crippen LogP contribution in [-0.4, -0.2) is 69.6 Å². The number of nitrogens with zero attached hydrogens (tertiary/aromatic N) is 3. The fourth-order valence-corrected chi connectivity index (χ4v) is 4.58. The highest BCUT2D eigenvalue weighted by atomic mass is 16.5. The van der Waals surface area contributed by atoms with E-state index in [4.69, 9.17) is 4.74 Å². The molecule has 2 aromatic rings. The van der Waals surface area contributed by atoms with Gasteiger partial charge in [0.1, 0.15) is 24.1 Å². The van der Waals surface area contributed by atoms with Gasteiger partial charge in [0.05, 0.1) is 24.9 Å². The third-order valence-corrected chi connectivity index (χ3v) is 6.98. The molecule has 0 saturated carbocycles. The Kier molecular flexibility index (Phi) is 11.1. The van der Waals surface area contributed by atoms with Gasteiger partial charge in [-0.05, 0) is 23.8 Å². The quantitative estimate of drug-likeness (QED) is 0.376. The summed E-state index contributed by atoms with van der Waals surface area (Å²) in [5.41, 5.74) is 1.11. The van der Waals surface area contributed by atoms with Gasteiger partial charge in [-0.15, -0.1) is 0 Å². The summed E-state index contributed by atoms with van der Waals surface area (Å²) in [7, 11) is 0. The lowest BCUT2D eigenvalue weighted by molar-refractivity contribution is -0.140. The number of benzene rings is 1. The molecule has 0 unspecified atom stereocenters. The van der Waals surface area contributed by atoms with E-state index in [-0.39, 0.29) is 36.1 Å². The van der Waals surface area contributed by atoms with E-state index in [2.05, 4.69) is 20.6 Å². The van der Waals surface area contributed by atoms with E-state index in [1.165, 1.54) is 23.5 Å². The zero-order chi connectivity index (χ0) is 28.4. The SMILES string of the molecule is CC[C@H](C)[C@H](NC(=O)[C@H](CC(C)C)NC(=O)c1cnccn1)C(=O)N1C[C@H](OCc2ccccc2)C[C@H]1C=O. The van der Waals surface area contributed by atoms with Crippen LogP contribution in [0, 0.1) is 11.8 Å². The van der Waals surface area contributed by atoms with Crippen molar-refractivity contribution in [1.82, 2.24) is 25.5 Å². The Morgan fingerprint density at radius 1 is 1.13 bits per heavy atom. The van der Waals surface area contributed by atoms with E-state index < -0.39 is 29.9 Å². The number of hydrogen-bond acceptors (Lipinski definition) is 7. The van der Waals surface area contributed by atoms with Crippen LogP contribution in [0.15, 0.2) is 48.9 Å². The number of carbonyl (C=O) groups is 4. The van der Waals surface area contributed by atoms with Gasteiger partial charge in [-0.1, -0.05) is 64.4 Å². The molecule has 3 rings (SSSR count). The van der Waals surface area contributed by atoms with Crippen molar-refractivity contribution >= 4 is 24.0 Å². The van der Waals surface area contributed by atoms with Gasteiger partial charge in [-0.3, -0.25) is 19.4 Å². The number of ether oxygens (including phenoxy) is 1. The van der Waals surface area contributed by atoms with Crippen molar-refractivity contribution in [3.05, 3.63) is 60.2 Å². The molecule has 3 amide bonds. The third kappa shape index (κ3) is 8.41. The summed E-state index contributed by atoms with van der Waals surface area (Å²) in [6, 6.07) is 7.34. The summed E-state index contributed by atoms with van der Waals surface area (Å²) in [6.45, 7) is 8.35. The molecule has 2 N–H and O–H groups in total. The van der Waals surface area contributed by atoms with Gasteiger partial charge in [0.15, 0.2) is 0 Å². The smallest absolute Gasteiger partial charge is 0.272 e. The number of amides is 3. The number of aromatic nitrogens is 2. The average molecular weight is 538 g/mol. The minimum absolute atomic E-state index is 0.0982. The molecular formula is C29H39N5O5. The summed E-state index contributed by atoms with van der Waals surface area (Å²) >= 11 is 0. The van der Waals surface area contributed by atoms with Crippen molar-refractivity contribution in [1.29, 1.82) is 0 Å². The molecule has 0 radical (unpaired) electrons. The van der Waals surface area contributed by atoms with Gasteiger partial charge >= 0.3 is 0 Å². The van der Waals surface area contributed by atoms with Crippen molar-refractivity contribution in [2.75, 3.05) is 6.54 Å². The van der Waals surface area contributed by atoms with Crippen LogP contribution in [-0.2, 0) is 25.7 Å². The van der Waals surface area contributed by atoms with Gasteiger partial charge in [0.2, 0.25) is 11.8 Å². The number of carbonyl (C=O) groups excluding carboxylic acids is 4. The molecule has 1 aliphatic rings. The molecule has 1 aromatic heterocycles. The van der Waals surface area contributed by atoms with Gasteiger partial charge in [-0.2, -0.15) is 0 Å². The number of rotatable bonds is 13. The third-order valence-electron chi connectivity index (χ3n) is 6.98. The Morgan fingerprint density at radius 2 is 1.87 bits per heavy atom. The number of likely N-dealkylation sites (tertiary alicyclic amines) is 1. The lowest BCUT2D eigenvalue weighted by Gasteiger charge is -2.31. The van der Waals surface area contributed by atoms with Crippen molar-refractivity contribution < 1.29 is 23.9 Å². The molecule has 210 valence electrons. The second kappa shape index (κ2) is 14.5. The standard InChI is InChI=1S/C29H39N5O5/c1-5-20(4)26(33-27(36)24(13-19(2)3)32-28(37)25-15-30-11-12-31-25)29(38)34-16-23(14-22(34)17-35)39-18-21-9-7-6-8-10-21/h6-12,15,17,19-20,22-24,26H,5,13-14,16,18H2,1-4H3,(H,32,37)(H,33,36)/t20-,22-,23+,24-,26-/m0/s1. The van der Waals surface area contributed by atoms with E-state index >= 15 is 0 Å². The van der Waals surface area contributed by atoms with Crippen molar-refractivity contribution in [2.45, 2.75) is 77.8 Å². The molecule has 5 atom stereocenters. The normalized spacial score (nSPS) is 19.3. The molecule has 0 aliphatic carbocycles. The Labute approximate surface area is 229 Å². The van der Waals surface area contributed by atoms with E-state index in [9.17, 15) is 19.2 Å². The van der Waals surface area contributed by atoms with Crippen LogP contribution < -0.4 is 10.6 Å². The largest absolute Gasteiger partial charge is 0.372 e. The fourth-order valence-electron chi connectivity index (χ4n) is 4.58. The monoisotopic (exact) mass is 537 g/mol. The molecule has 10 nitrogen and oxygen atoms in total. The maximum Gasteiger partial charge on any atom is 0.272 e. The zero-order valence-corrected chi connectivity index (χ0v) is 23.1. The van der Waals surface area contributed by atoms with E-state index in [1.54, 1.807) is 0 Å². The fraction of sp³-hybridized carbons (Fsp3) is 0.517. The molecule has 1 aromatic carbocycles. The van der Waals surface area contributed by atoms with Crippen LogP contribution in [0.25, 0.3) is 0 Å². The van der Waals surface area contributed by atoms with Gasteiger partial charge in [0, 0.05) is 25.4 Å². The summed E-state index contributed by atoms with van der Waals surface area (Å²) < 4.78 is 6.02. The van der Waals surface area contributed by atoms with E-state index in [0.717, 1.165) is 11.8 Å². The molecule has 0 bridgehead atoms. The molecule has 0 spiro atoms. The first-order valence-corrected chi connectivity index (χ1v) is 13.5. The molecular weight excluding hydrogens is 498 g/mol. The first-order valence-electron chi connectivity index (χ1n) is 13.5. The predicted octanol–water partition coefficient (Wildman–Crippen LogP) is 2.54. The molecule has 1 saturated heterocycles. The van der Waals surface area contributed by atoms with Gasteiger partial charge < -0.3 is 25.1 Å². The average Bonchev–Trinajstić information content (AvgIpc) is 3.37. The number of hydrogen-bond donors (Lipinski definition) is 2. The second-order valence-electron chi connectivity index (χ2n) is 10.5. The Balaban J connectivity index is 1.71. The number of nitrogens with one attached hydrogen (secondary N) is 2. The first-order chi connectivity index (χ1) is 18.7. The topological polar surface area (TPSA) is 131 Å². The van der Waals surface area contributed by atoms with Gasteiger partial charge in [0.25, 0.3) is 5.91 Å². The minimum atomic E-state index is -0.874. The predicted molar refractivity (Wildman–Crippen MR) is 145 cm³/mol. The van der Waals surface area contributed by atoms with Crippen LogP contribution >= 0.6 is 0 Å². The molecule has 1 fully saturated rings. The van der Waals surface area contributed by atoms with Crippen molar-refractivity contribution in [3.8, 4) is 0 Å². The summed E-state index contributed by atoms with van der Waals surface area (Å²) in [5, 5.41) is 5.63.